The van der Waals surface area contributed by atoms with E-state index in [0.29, 0.717) is 16.4 Å². The largest absolute Gasteiger partial charge is 0.306 e. The molecule has 1 aromatic carbocycles. The smallest absolute Gasteiger partial charge is 0.237 e. The molecule has 1 fully saturated rings. The number of nitro groups is 1. The molecule has 118 valence electrons. The molecule has 6 nitrogen and oxygen atoms in total. The number of pyridine rings is 1. The van der Waals surface area contributed by atoms with Gasteiger partial charge in [-0.25, -0.2) is 0 Å². The number of halogens is 1. The topological polar surface area (TPSA) is 76.3 Å². The standard InChI is InChI=1S/C16H14ClN3O3/c17-11-4-6-13(7-5-11)19(10-12-3-1-2-8-18-12)16(21)14-9-15(14)20(22)23/h1-8,14-15H,9-10H2. The third-order valence-corrected chi connectivity index (χ3v) is 4.05. The number of carbonyl (C=O) groups excluding carboxylic acids is 1. The SMILES string of the molecule is O=C(C1CC1[N+](=O)[O-])N(Cc1ccccn1)c1ccc(Cl)cc1. The lowest BCUT2D eigenvalue weighted by Gasteiger charge is -2.22. The third kappa shape index (κ3) is 3.48. The number of anilines is 1. The van der Waals surface area contributed by atoms with E-state index in [-0.39, 0.29) is 23.8 Å². The first-order valence-corrected chi connectivity index (χ1v) is 7.54. The summed E-state index contributed by atoms with van der Waals surface area (Å²) in [5.74, 6) is -0.816. The van der Waals surface area contributed by atoms with Gasteiger partial charge in [0.15, 0.2) is 0 Å². The van der Waals surface area contributed by atoms with E-state index in [1.807, 2.05) is 12.1 Å². The molecule has 0 N–H and O–H groups in total. The lowest BCUT2D eigenvalue weighted by molar-refractivity contribution is -0.497. The Hall–Kier alpha value is -2.47. The monoisotopic (exact) mass is 331 g/mol. The van der Waals surface area contributed by atoms with E-state index in [4.69, 9.17) is 11.6 Å². The number of nitrogens with zero attached hydrogens (tertiary/aromatic N) is 3. The molecule has 3 rings (SSSR count). The Labute approximate surface area is 137 Å². The molecule has 2 unspecified atom stereocenters. The summed E-state index contributed by atoms with van der Waals surface area (Å²) in [6, 6.07) is 11.5. The van der Waals surface area contributed by atoms with Crippen LogP contribution in [0, 0.1) is 16.0 Å². The van der Waals surface area contributed by atoms with Crippen LogP contribution in [-0.2, 0) is 11.3 Å². The van der Waals surface area contributed by atoms with Crippen LogP contribution in [0.4, 0.5) is 5.69 Å². The quantitative estimate of drug-likeness (QED) is 0.623. The van der Waals surface area contributed by atoms with E-state index in [1.54, 1.807) is 36.5 Å². The normalized spacial score (nSPS) is 19.2. The molecule has 1 aliphatic rings. The highest BCUT2D eigenvalue weighted by Gasteiger charge is 2.54. The summed E-state index contributed by atoms with van der Waals surface area (Å²) in [5.41, 5.74) is 1.37. The average Bonchev–Trinajstić information content (AvgIpc) is 3.35. The van der Waals surface area contributed by atoms with Crippen molar-refractivity contribution < 1.29 is 9.72 Å². The Morgan fingerprint density at radius 3 is 2.61 bits per heavy atom. The first-order chi connectivity index (χ1) is 11.1. The Morgan fingerprint density at radius 2 is 2.04 bits per heavy atom. The zero-order valence-electron chi connectivity index (χ0n) is 12.1. The Bertz CT molecular complexity index is 721. The number of amides is 1. The summed E-state index contributed by atoms with van der Waals surface area (Å²) >= 11 is 5.89. The molecule has 1 aromatic heterocycles. The highest BCUT2D eigenvalue weighted by Crippen LogP contribution is 2.36. The molecule has 2 atom stereocenters. The van der Waals surface area contributed by atoms with Gasteiger partial charge in [-0.15, -0.1) is 0 Å². The van der Waals surface area contributed by atoms with Crippen LogP contribution in [0.5, 0.6) is 0 Å². The molecule has 1 saturated carbocycles. The maximum atomic E-state index is 12.7. The number of hydrogen-bond acceptors (Lipinski definition) is 4. The molecule has 7 heteroatoms. The zero-order chi connectivity index (χ0) is 16.4. The summed E-state index contributed by atoms with van der Waals surface area (Å²) < 4.78 is 0. The van der Waals surface area contributed by atoms with Crippen LogP contribution in [0.25, 0.3) is 0 Å². The molecular formula is C16H14ClN3O3. The second-order valence-corrected chi connectivity index (χ2v) is 5.85. The van der Waals surface area contributed by atoms with Crippen molar-refractivity contribution in [1.29, 1.82) is 0 Å². The number of rotatable bonds is 5. The third-order valence-electron chi connectivity index (χ3n) is 3.80. The van der Waals surface area contributed by atoms with Crippen LogP contribution < -0.4 is 4.90 Å². The lowest BCUT2D eigenvalue weighted by Crippen LogP contribution is -2.33. The second kappa shape index (κ2) is 6.34. The van der Waals surface area contributed by atoms with Crippen LogP contribution in [0.1, 0.15) is 12.1 Å². The van der Waals surface area contributed by atoms with Crippen LogP contribution in [-0.4, -0.2) is 21.9 Å². The number of benzene rings is 1. The van der Waals surface area contributed by atoms with Crippen molar-refractivity contribution >= 4 is 23.2 Å². The van der Waals surface area contributed by atoms with E-state index in [1.165, 1.54) is 4.90 Å². The van der Waals surface area contributed by atoms with Crippen LogP contribution in [0.2, 0.25) is 5.02 Å². The van der Waals surface area contributed by atoms with Gasteiger partial charge in [-0.2, -0.15) is 0 Å². The first kappa shape index (κ1) is 15.4. The minimum Gasteiger partial charge on any atom is -0.306 e. The van der Waals surface area contributed by atoms with Crippen molar-refractivity contribution in [3.63, 3.8) is 0 Å². The summed E-state index contributed by atoms with van der Waals surface area (Å²) in [6.07, 6.45) is 1.94. The van der Waals surface area contributed by atoms with Gasteiger partial charge in [0.1, 0.15) is 5.92 Å². The fraction of sp³-hybridized carbons (Fsp3) is 0.250. The summed E-state index contributed by atoms with van der Waals surface area (Å²) in [7, 11) is 0. The van der Waals surface area contributed by atoms with Crippen molar-refractivity contribution in [3.8, 4) is 0 Å². The molecule has 0 bridgehead atoms. The first-order valence-electron chi connectivity index (χ1n) is 7.16. The fourth-order valence-electron chi connectivity index (χ4n) is 2.45. The van der Waals surface area contributed by atoms with E-state index in [0.717, 1.165) is 0 Å². The zero-order valence-corrected chi connectivity index (χ0v) is 12.9. The molecule has 0 spiro atoms. The van der Waals surface area contributed by atoms with Gasteiger partial charge in [0.2, 0.25) is 11.9 Å². The van der Waals surface area contributed by atoms with Crippen LogP contribution in [0.3, 0.4) is 0 Å². The van der Waals surface area contributed by atoms with E-state index in [2.05, 4.69) is 4.98 Å². The van der Waals surface area contributed by atoms with Crippen molar-refractivity contribution in [2.75, 3.05) is 4.90 Å². The Balaban J connectivity index is 1.86. The van der Waals surface area contributed by atoms with Gasteiger partial charge in [-0.3, -0.25) is 19.9 Å². The van der Waals surface area contributed by atoms with Gasteiger partial charge in [0.05, 0.1) is 12.2 Å². The van der Waals surface area contributed by atoms with Crippen molar-refractivity contribution in [2.45, 2.75) is 19.0 Å². The molecule has 2 aromatic rings. The van der Waals surface area contributed by atoms with Crippen LogP contribution in [0.15, 0.2) is 48.7 Å². The van der Waals surface area contributed by atoms with Crippen molar-refractivity contribution in [2.24, 2.45) is 5.92 Å². The molecule has 23 heavy (non-hydrogen) atoms. The minimum atomic E-state index is -0.777. The molecule has 0 saturated heterocycles. The molecule has 1 aliphatic carbocycles. The lowest BCUT2D eigenvalue weighted by atomic mass is 10.2. The second-order valence-electron chi connectivity index (χ2n) is 5.42. The van der Waals surface area contributed by atoms with Crippen LogP contribution >= 0.6 is 11.6 Å². The summed E-state index contributed by atoms with van der Waals surface area (Å²) in [5, 5.41) is 11.4. The summed E-state index contributed by atoms with van der Waals surface area (Å²) in [4.78, 5) is 28.9. The van der Waals surface area contributed by atoms with Gasteiger partial charge in [0.25, 0.3) is 0 Å². The predicted octanol–water partition coefficient (Wildman–Crippen LogP) is 2.93. The number of aromatic nitrogens is 1. The Kier molecular flexibility index (Phi) is 4.25. The van der Waals surface area contributed by atoms with Gasteiger partial charge in [-0.1, -0.05) is 17.7 Å². The molecule has 0 radical (unpaired) electrons. The van der Waals surface area contributed by atoms with E-state index >= 15 is 0 Å². The fourth-order valence-corrected chi connectivity index (χ4v) is 2.58. The molecule has 1 amide bonds. The van der Waals surface area contributed by atoms with E-state index < -0.39 is 12.0 Å². The maximum absolute atomic E-state index is 12.7. The van der Waals surface area contributed by atoms with Crippen molar-refractivity contribution in [3.05, 3.63) is 69.5 Å². The maximum Gasteiger partial charge on any atom is 0.237 e. The minimum absolute atomic E-state index is 0.250. The van der Waals surface area contributed by atoms with Gasteiger partial charge in [-0.05, 0) is 36.4 Å². The number of carbonyl (C=O) groups is 1. The highest BCUT2D eigenvalue weighted by atomic mass is 35.5. The number of hydrogen-bond donors (Lipinski definition) is 0. The van der Waals surface area contributed by atoms with Gasteiger partial charge < -0.3 is 4.90 Å². The predicted molar refractivity (Wildman–Crippen MR) is 85.8 cm³/mol. The van der Waals surface area contributed by atoms with Crippen molar-refractivity contribution in [1.82, 2.24) is 4.98 Å². The molecule has 0 aliphatic heterocycles. The highest BCUT2D eigenvalue weighted by molar-refractivity contribution is 6.30. The summed E-state index contributed by atoms with van der Waals surface area (Å²) in [6.45, 7) is 0.266. The van der Waals surface area contributed by atoms with E-state index in [9.17, 15) is 14.9 Å². The average molecular weight is 332 g/mol. The molecular weight excluding hydrogens is 318 g/mol. The molecule has 1 heterocycles. The Morgan fingerprint density at radius 1 is 1.30 bits per heavy atom. The van der Waals surface area contributed by atoms with Gasteiger partial charge >= 0.3 is 0 Å². The van der Waals surface area contributed by atoms with Gasteiger partial charge in [0, 0.05) is 28.3 Å².